The minimum absolute atomic E-state index is 0.0553. The van der Waals surface area contributed by atoms with Crippen molar-refractivity contribution in [1.82, 2.24) is 20.1 Å². The molecule has 2 atom stereocenters. The molecule has 1 aromatic rings. The number of hydrogen-bond acceptors (Lipinski definition) is 5. The van der Waals surface area contributed by atoms with Crippen molar-refractivity contribution in [3.63, 3.8) is 0 Å². The number of carbonyl (C=O) groups is 3. The van der Waals surface area contributed by atoms with Gasteiger partial charge in [0.15, 0.2) is 0 Å². The van der Waals surface area contributed by atoms with Gasteiger partial charge >= 0.3 is 12.1 Å². The number of carboxylic acids is 1. The van der Waals surface area contributed by atoms with Crippen LogP contribution in [0, 0.1) is 11.8 Å². The summed E-state index contributed by atoms with van der Waals surface area (Å²) in [6.45, 7) is 3.89. The fraction of sp³-hybridized carbons (Fsp3) is 0.556. The van der Waals surface area contributed by atoms with Crippen LogP contribution in [0.25, 0.3) is 0 Å². The van der Waals surface area contributed by atoms with Gasteiger partial charge < -0.3 is 15.3 Å². The highest BCUT2D eigenvalue weighted by atomic mass is 19.4. The van der Waals surface area contributed by atoms with Gasteiger partial charge in [0, 0.05) is 39.1 Å². The second-order valence-electron chi connectivity index (χ2n) is 6.97. The van der Waals surface area contributed by atoms with Crippen LogP contribution in [0.15, 0.2) is 24.5 Å². The smallest absolute Gasteiger partial charge is 0.475 e. The highest BCUT2D eigenvalue weighted by Gasteiger charge is 2.39. The number of alkyl halides is 3. The third-order valence-electron chi connectivity index (χ3n) is 4.97. The molecule has 0 bridgehead atoms. The summed E-state index contributed by atoms with van der Waals surface area (Å²) in [5.74, 6) is -1.60. The molecular formula is C18H23F3N4O4. The number of carbonyl (C=O) groups excluding carboxylic acids is 2. The van der Waals surface area contributed by atoms with Crippen LogP contribution in [0.3, 0.4) is 0 Å². The summed E-state index contributed by atoms with van der Waals surface area (Å²) in [7, 11) is 1.67. The van der Waals surface area contributed by atoms with Crippen LogP contribution in [0.2, 0.25) is 0 Å². The van der Waals surface area contributed by atoms with Crippen molar-refractivity contribution in [3.05, 3.63) is 30.1 Å². The number of nitrogens with one attached hydrogen (secondary N) is 1. The molecule has 8 nitrogen and oxygen atoms in total. The predicted octanol–water partition coefficient (Wildman–Crippen LogP) is 0.855. The topological polar surface area (TPSA) is 103 Å². The Labute approximate surface area is 165 Å². The molecule has 2 fully saturated rings. The van der Waals surface area contributed by atoms with Crippen molar-refractivity contribution < 1.29 is 32.7 Å². The summed E-state index contributed by atoms with van der Waals surface area (Å²) in [4.78, 5) is 41.1. The maximum Gasteiger partial charge on any atom is 0.490 e. The molecule has 11 heteroatoms. The molecule has 3 heterocycles. The number of carboxylic acid groups (broad SMARTS) is 1. The summed E-state index contributed by atoms with van der Waals surface area (Å²) in [5.41, 5.74) is 0.656. The first-order valence-corrected chi connectivity index (χ1v) is 9.04. The van der Waals surface area contributed by atoms with Gasteiger partial charge in [-0.05, 0) is 36.9 Å². The molecule has 2 aliphatic rings. The number of aliphatic carboxylic acids is 1. The van der Waals surface area contributed by atoms with E-state index in [2.05, 4.69) is 15.2 Å². The number of likely N-dealkylation sites (tertiary alicyclic amines) is 2. The molecule has 2 saturated heterocycles. The maximum absolute atomic E-state index is 12.5. The second-order valence-corrected chi connectivity index (χ2v) is 6.97. The number of aromatic nitrogens is 1. The molecule has 160 valence electrons. The van der Waals surface area contributed by atoms with Crippen LogP contribution in [-0.2, 0) is 9.59 Å². The van der Waals surface area contributed by atoms with E-state index in [4.69, 9.17) is 9.90 Å². The SMILES string of the molecule is CNC(=O)CN1CC[C@H]2CN(C(=O)c3cccnc3)C[C@H]2C1.O=C(O)C(F)(F)F. The summed E-state index contributed by atoms with van der Waals surface area (Å²) in [6.07, 6.45) is -0.724. The maximum atomic E-state index is 12.5. The molecule has 2 amide bonds. The second kappa shape index (κ2) is 9.68. The van der Waals surface area contributed by atoms with Crippen molar-refractivity contribution in [2.45, 2.75) is 12.6 Å². The number of pyridine rings is 1. The highest BCUT2D eigenvalue weighted by molar-refractivity contribution is 5.94. The van der Waals surface area contributed by atoms with Crippen LogP contribution < -0.4 is 5.32 Å². The number of piperidine rings is 1. The van der Waals surface area contributed by atoms with E-state index in [1.54, 1.807) is 25.5 Å². The molecule has 3 rings (SSSR count). The zero-order valence-electron chi connectivity index (χ0n) is 15.9. The number of halogens is 3. The largest absolute Gasteiger partial charge is 0.490 e. The quantitative estimate of drug-likeness (QED) is 0.758. The molecule has 0 unspecified atom stereocenters. The number of hydrogen-bond donors (Lipinski definition) is 2. The molecule has 2 aliphatic heterocycles. The van der Waals surface area contributed by atoms with Crippen LogP contribution >= 0.6 is 0 Å². The van der Waals surface area contributed by atoms with Gasteiger partial charge in [-0.3, -0.25) is 19.5 Å². The first kappa shape index (κ1) is 22.6. The third-order valence-corrected chi connectivity index (χ3v) is 4.97. The molecule has 0 saturated carbocycles. The van der Waals surface area contributed by atoms with Crippen LogP contribution in [0.1, 0.15) is 16.8 Å². The summed E-state index contributed by atoms with van der Waals surface area (Å²) < 4.78 is 31.7. The van der Waals surface area contributed by atoms with E-state index in [1.165, 1.54) is 0 Å². The Morgan fingerprint density at radius 3 is 2.45 bits per heavy atom. The average molecular weight is 416 g/mol. The molecular weight excluding hydrogens is 393 g/mol. The first-order chi connectivity index (χ1) is 13.6. The third kappa shape index (κ3) is 6.41. The standard InChI is InChI=1S/C16H22N4O2.C2HF3O2/c1-17-15(21)11-19-6-4-13-9-20(10-14(13)8-19)16(22)12-3-2-5-18-7-12;3-2(4,5)1(6)7/h2-3,5,7,13-14H,4,6,8-11H2,1H3,(H,17,21);(H,6,7)/t13-,14+;/m0./s1. The Morgan fingerprint density at radius 2 is 1.90 bits per heavy atom. The van der Waals surface area contributed by atoms with Crippen LogP contribution in [0.4, 0.5) is 13.2 Å². The number of nitrogens with zero attached hydrogens (tertiary/aromatic N) is 3. The lowest BCUT2D eigenvalue weighted by atomic mass is 9.89. The van der Waals surface area contributed by atoms with Gasteiger partial charge in [-0.25, -0.2) is 4.79 Å². The van der Waals surface area contributed by atoms with Gasteiger partial charge in [-0.1, -0.05) is 0 Å². The minimum atomic E-state index is -5.08. The monoisotopic (exact) mass is 416 g/mol. The van der Waals surface area contributed by atoms with Crippen LogP contribution in [0.5, 0.6) is 0 Å². The minimum Gasteiger partial charge on any atom is -0.475 e. The lowest BCUT2D eigenvalue weighted by molar-refractivity contribution is -0.192. The number of rotatable bonds is 3. The van der Waals surface area contributed by atoms with Crippen LogP contribution in [-0.4, -0.2) is 83.6 Å². The van der Waals surface area contributed by atoms with Crippen molar-refractivity contribution >= 4 is 17.8 Å². The Bertz CT molecular complexity index is 730. The Kier molecular flexibility index (Phi) is 7.54. The number of likely N-dealkylation sites (N-methyl/N-ethyl adjacent to an activating group) is 1. The van der Waals surface area contributed by atoms with Crippen molar-refractivity contribution in [2.75, 3.05) is 39.8 Å². The normalized spacial score (nSPS) is 21.6. The summed E-state index contributed by atoms with van der Waals surface area (Å²) >= 11 is 0. The molecule has 1 aromatic heterocycles. The van der Waals surface area contributed by atoms with E-state index in [0.29, 0.717) is 23.9 Å². The van der Waals surface area contributed by atoms with Gasteiger partial charge in [0.1, 0.15) is 0 Å². The zero-order chi connectivity index (χ0) is 21.6. The van der Waals surface area contributed by atoms with E-state index in [0.717, 1.165) is 32.6 Å². The van der Waals surface area contributed by atoms with E-state index in [9.17, 15) is 22.8 Å². The van der Waals surface area contributed by atoms with Crippen molar-refractivity contribution in [2.24, 2.45) is 11.8 Å². The summed E-state index contributed by atoms with van der Waals surface area (Å²) in [5, 5.41) is 9.79. The van der Waals surface area contributed by atoms with Crippen molar-refractivity contribution in [3.8, 4) is 0 Å². The fourth-order valence-corrected chi connectivity index (χ4v) is 3.51. The molecule has 0 radical (unpaired) electrons. The Morgan fingerprint density at radius 1 is 1.24 bits per heavy atom. The molecule has 29 heavy (non-hydrogen) atoms. The predicted molar refractivity (Wildman–Crippen MR) is 95.9 cm³/mol. The number of amides is 2. The average Bonchev–Trinajstić information content (AvgIpc) is 3.11. The van der Waals surface area contributed by atoms with Gasteiger partial charge in [0.05, 0.1) is 12.1 Å². The number of fused-ring (bicyclic) bond motifs is 1. The molecule has 0 spiro atoms. The van der Waals surface area contributed by atoms with Gasteiger partial charge in [-0.15, -0.1) is 0 Å². The Hall–Kier alpha value is -2.69. The molecule has 2 N–H and O–H groups in total. The van der Waals surface area contributed by atoms with E-state index >= 15 is 0 Å². The Balaban J connectivity index is 0.000000370. The lowest BCUT2D eigenvalue weighted by Crippen LogP contribution is -2.44. The van der Waals surface area contributed by atoms with E-state index in [1.807, 2.05) is 11.0 Å². The molecule has 0 aromatic carbocycles. The summed E-state index contributed by atoms with van der Waals surface area (Å²) in [6, 6.07) is 3.61. The van der Waals surface area contributed by atoms with Gasteiger partial charge in [-0.2, -0.15) is 13.2 Å². The van der Waals surface area contributed by atoms with Crippen molar-refractivity contribution in [1.29, 1.82) is 0 Å². The fourth-order valence-electron chi connectivity index (χ4n) is 3.51. The molecule has 0 aliphatic carbocycles. The highest BCUT2D eigenvalue weighted by Crippen LogP contribution is 2.31. The lowest BCUT2D eigenvalue weighted by Gasteiger charge is -2.33. The van der Waals surface area contributed by atoms with Gasteiger partial charge in [0.2, 0.25) is 5.91 Å². The van der Waals surface area contributed by atoms with E-state index in [-0.39, 0.29) is 11.8 Å². The zero-order valence-corrected chi connectivity index (χ0v) is 15.9. The first-order valence-electron chi connectivity index (χ1n) is 9.04. The van der Waals surface area contributed by atoms with E-state index < -0.39 is 12.1 Å². The van der Waals surface area contributed by atoms with Gasteiger partial charge in [0.25, 0.3) is 5.91 Å².